The molecule has 0 aliphatic heterocycles. The number of aliphatic hydroxyl groups excluding tert-OH is 1. The molecule has 0 saturated heterocycles. The van der Waals surface area contributed by atoms with Crippen LogP contribution < -0.4 is 15.8 Å². The van der Waals surface area contributed by atoms with Crippen molar-refractivity contribution in [1.82, 2.24) is 5.32 Å². The number of ether oxygens (including phenoxy) is 1. The Hall–Kier alpha value is -1.37. The number of carbonyl (C=O) groups is 1. The van der Waals surface area contributed by atoms with E-state index < -0.39 is 6.10 Å². The van der Waals surface area contributed by atoms with Crippen LogP contribution in [0.3, 0.4) is 0 Å². The van der Waals surface area contributed by atoms with Crippen LogP contribution in [-0.4, -0.2) is 36.3 Å². The fourth-order valence-corrected chi connectivity index (χ4v) is 1.46. The lowest BCUT2D eigenvalue weighted by atomic mass is 10.2. The summed E-state index contributed by atoms with van der Waals surface area (Å²) in [5.74, 6) is -0.0313. The van der Waals surface area contributed by atoms with Gasteiger partial charge < -0.3 is 20.9 Å². The van der Waals surface area contributed by atoms with Crippen LogP contribution in [0.5, 0.6) is 5.75 Å². The van der Waals surface area contributed by atoms with Crippen molar-refractivity contribution in [2.75, 3.05) is 13.2 Å². The Morgan fingerprint density at radius 1 is 1.43 bits per heavy atom. The highest BCUT2D eigenvalue weighted by molar-refractivity contribution is 5.85. The molecule has 1 aromatic carbocycles. The first kappa shape index (κ1) is 19.6. The number of nitrogens with one attached hydrogen (secondary N) is 1. The van der Waals surface area contributed by atoms with Crippen molar-refractivity contribution in [2.45, 2.75) is 31.9 Å². The van der Waals surface area contributed by atoms with Crippen LogP contribution in [0, 0.1) is 5.82 Å². The molecule has 1 aromatic rings. The third kappa shape index (κ3) is 9.23. The maximum atomic E-state index is 12.7. The standard InChI is InChI=1S/C14H21FN2O3.ClH/c1-10(16)2-7-14(19)17-8-12(18)9-20-13-5-3-11(15)4-6-13;/h3-6,10,12,18H,2,7-9,16H2,1H3,(H,17,19);1H. The smallest absolute Gasteiger partial charge is 0.220 e. The Morgan fingerprint density at radius 3 is 2.62 bits per heavy atom. The molecular weight excluding hydrogens is 299 g/mol. The number of hydrogen-bond acceptors (Lipinski definition) is 4. The van der Waals surface area contributed by atoms with Crippen molar-refractivity contribution in [2.24, 2.45) is 5.73 Å². The van der Waals surface area contributed by atoms with Crippen LogP contribution in [0.2, 0.25) is 0 Å². The van der Waals surface area contributed by atoms with Gasteiger partial charge in [0.2, 0.25) is 5.91 Å². The number of amides is 1. The molecule has 0 aromatic heterocycles. The number of halogens is 2. The van der Waals surface area contributed by atoms with E-state index in [1.807, 2.05) is 6.92 Å². The van der Waals surface area contributed by atoms with Crippen molar-refractivity contribution in [3.63, 3.8) is 0 Å². The fraction of sp³-hybridized carbons (Fsp3) is 0.500. The second-order valence-electron chi connectivity index (χ2n) is 4.74. The predicted octanol–water partition coefficient (Wildman–Crippen LogP) is 1.23. The fourth-order valence-electron chi connectivity index (χ4n) is 1.46. The molecule has 0 heterocycles. The third-order valence-electron chi connectivity index (χ3n) is 2.62. The zero-order valence-electron chi connectivity index (χ0n) is 11.9. The Labute approximate surface area is 130 Å². The first-order chi connectivity index (χ1) is 9.47. The molecule has 120 valence electrons. The summed E-state index contributed by atoms with van der Waals surface area (Å²) in [6.07, 6.45) is 0.122. The molecule has 1 rings (SSSR count). The summed E-state index contributed by atoms with van der Waals surface area (Å²) in [6, 6.07) is 5.48. The van der Waals surface area contributed by atoms with Crippen molar-refractivity contribution < 1.29 is 19.0 Å². The predicted molar refractivity (Wildman–Crippen MR) is 81.0 cm³/mol. The molecule has 4 N–H and O–H groups in total. The average Bonchev–Trinajstić information content (AvgIpc) is 2.42. The Bertz CT molecular complexity index is 415. The van der Waals surface area contributed by atoms with E-state index in [0.29, 0.717) is 18.6 Å². The zero-order valence-corrected chi connectivity index (χ0v) is 12.7. The normalized spacial score (nSPS) is 13.0. The highest BCUT2D eigenvalue weighted by Crippen LogP contribution is 2.11. The molecule has 0 aliphatic rings. The van der Waals surface area contributed by atoms with Gasteiger partial charge in [0.1, 0.15) is 24.3 Å². The molecule has 0 bridgehead atoms. The largest absolute Gasteiger partial charge is 0.491 e. The number of carbonyl (C=O) groups excluding carboxylic acids is 1. The van der Waals surface area contributed by atoms with E-state index in [1.165, 1.54) is 24.3 Å². The maximum Gasteiger partial charge on any atom is 0.220 e. The molecular formula is C14H22ClFN2O3. The van der Waals surface area contributed by atoms with Gasteiger partial charge in [0, 0.05) is 19.0 Å². The summed E-state index contributed by atoms with van der Waals surface area (Å²) in [5, 5.41) is 12.3. The lowest BCUT2D eigenvalue weighted by Gasteiger charge is -2.13. The Morgan fingerprint density at radius 2 is 2.05 bits per heavy atom. The first-order valence-corrected chi connectivity index (χ1v) is 6.56. The minimum absolute atomic E-state index is 0. The van der Waals surface area contributed by atoms with Crippen molar-refractivity contribution in [1.29, 1.82) is 0 Å². The second kappa shape index (κ2) is 10.4. The molecule has 0 aliphatic carbocycles. The molecule has 2 unspecified atom stereocenters. The number of aliphatic hydroxyl groups is 1. The van der Waals surface area contributed by atoms with E-state index >= 15 is 0 Å². The third-order valence-corrected chi connectivity index (χ3v) is 2.62. The number of benzene rings is 1. The van der Waals surface area contributed by atoms with E-state index in [4.69, 9.17) is 10.5 Å². The summed E-state index contributed by atoms with van der Waals surface area (Å²) in [5.41, 5.74) is 5.54. The van der Waals surface area contributed by atoms with E-state index in [2.05, 4.69) is 5.32 Å². The molecule has 0 saturated carbocycles. The van der Waals surface area contributed by atoms with Gasteiger partial charge in [-0.15, -0.1) is 12.4 Å². The van der Waals surface area contributed by atoms with Crippen LogP contribution in [0.1, 0.15) is 19.8 Å². The lowest BCUT2D eigenvalue weighted by Crippen LogP contribution is -2.35. The molecule has 0 radical (unpaired) electrons. The van der Waals surface area contributed by atoms with Gasteiger partial charge in [-0.05, 0) is 37.6 Å². The topological polar surface area (TPSA) is 84.6 Å². The summed E-state index contributed by atoms with van der Waals surface area (Å²) >= 11 is 0. The summed E-state index contributed by atoms with van der Waals surface area (Å²) < 4.78 is 17.9. The van der Waals surface area contributed by atoms with Gasteiger partial charge in [0.25, 0.3) is 0 Å². The van der Waals surface area contributed by atoms with Crippen LogP contribution >= 0.6 is 12.4 Å². The Balaban J connectivity index is 0.00000400. The molecule has 1 amide bonds. The van der Waals surface area contributed by atoms with Crippen molar-refractivity contribution >= 4 is 18.3 Å². The second-order valence-corrected chi connectivity index (χ2v) is 4.74. The minimum Gasteiger partial charge on any atom is -0.491 e. The number of rotatable bonds is 8. The van der Waals surface area contributed by atoms with E-state index in [0.717, 1.165) is 0 Å². The number of hydrogen-bond donors (Lipinski definition) is 3. The maximum absolute atomic E-state index is 12.7. The SMILES string of the molecule is CC(N)CCC(=O)NCC(O)COc1ccc(F)cc1.Cl. The van der Waals surface area contributed by atoms with E-state index in [1.54, 1.807) is 0 Å². The van der Waals surface area contributed by atoms with Gasteiger partial charge in [-0.1, -0.05) is 0 Å². The lowest BCUT2D eigenvalue weighted by molar-refractivity contribution is -0.121. The van der Waals surface area contributed by atoms with Gasteiger partial charge in [-0.3, -0.25) is 4.79 Å². The molecule has 5 nitrogen and oxygen atoms in total. The molecule has 0 spiro atoms. The van der Waals surface area contributed by atoms with E-state index in [9.17, 15) is 14.3 Å². The zero-order chi connectivity index (χ0) is 15.0. The Kier molecular flexibility index (Phi) is 9.69. The molecule has 7 heteroatoms. The van der Waals surface area contributed by atoms with Crippen LogP contribution in [0.25, 0.3) is 0 Å². The average molecular weight is 321 g/mol. The van der Waals surface area contributed by atoms with E-state index in [-0.39, 0.29) is 43.3 Å². The van der Waals surface area contributed by atoms with Crippen molar-refractivity contribution in [3.8, 4) is 5.75 Å². The minimum atomic E-state index is -0.820. The number of nitrogens with two attached hydrogens (primary N) is 1. The highest BCUT2D eigenvalue weighted by Gasteiger charge is 2.08. The molecule has 0 fully saturated rings. The quantitative estimate of drug-likeness (QED) is 0.672. The summed E-state index contributed by atoms with van der Waals surface area (Å²) in [6.45, 7) is 1.97. The van der Waals surface area contributed by atoms with Crippen LogP contribution in [-0.2, 0) is 4.79 Å². The summed E-state index contributed by atoms with van der Waals surface area (Å²) in [4.78, 5) is 11.4. The molecule has 21 heavy (non-hydrogen) atoms. The van der Waals surface area contributed by atoms with Gasteiger partial charge >= 0.3 is 0 Å². The first-order valence-electron chi connectivity index (χ1n) is 6.56. The van der Waals surface area contributed by atoms with Crippen LogP contribution in [0.15, 0.2) is 24.3 Å². The van der Waals surface area contributed by atoms with Gasteiger partial charge in [-0.25, -0.2) is 4.39 Å². The monoisotopic (exact) mass is 320 g/mol. The van der Waals surface area contributed by atoms with Gasteiger partial charge in [0.15, 0.2) is 0 Å². The van der Waals surface area contributed by atoms with Gasteiger partial charge in [-0.2, -0.15) is 0 Å². The van der Waals surface area contributed by atoms with Crippen LogP contribution in [0.4, 0.5) is 4.39 Å². The summed E-state index contributed by atoms with van der Waals surface area (Å²) in [7, 11) is 0. The molecule has 2 atom stereocenters. The van der Waals surface area contributed by atoms with Gasteiger partial charge in [0.05, 0.1) is 0 Å². The van der Waals surface area contributed by atoms with Crippen molar-refractivity contribution in [3.05, 3.63) is 30.1 Å². The highest BCUT2D eigenvalue weighted by atomic mass is 35.5.